The van der Waals surface area contributed by atoms with Gasteiger partial charge in [0, 0.05) is 36.4 Å². The average Bonchev–Trinajstić information content (AvgIpc) is 2.33. The molecule has 0 aliphatic carbocycles. The summed E-state index contributed by atoms with van der Waals surface area (Å²) in [5, 5.41) is 17.6. The molecule has 0 bridgehead atoms. The van der Waals surface area contributed by atoms with Crippen molar-refractivity contribution in [1.82, 2.24) is 10.3 Å². The molecule has 3 rings (SSSR count). The van der Waals surface area contributed by atoms with Crippen molar-refractivity contribution in [2.45, 2.75) is 12.5 Å². The fourth-order valence-corrected chi connectivity index (χ4v) is 2.25. The highest BCUT2D eigenvalue weighted by Crippen LogP contribution is 2.23. The molecule has 4 heteroatoms. The molecule has 1 aromatic heterocycles. The first-order valence-corrected chi connectivity index (χ1v) is 6.20. The number of nitrogens with one attached hydrogen (secondary N) is 2. The fourth-order valence-electron chi connectivity index (χ4n) is 2.25. The number of pyridine rings is 1. The average molecular weight is 243 g/mol. The van der Waals surface area contributed by atoms with Crippen LogP contribution < -0.4 is 10.6 Å². The van der Waals surface area contributed by atoms with Crippen molar-refractivity contribution in [3.8, 4) is 0 Å². The minimum absolute atomic E-state index is 0.563. The van der Waals surface area contributed by atoms with E-state index in [-0.39, 0.29) is 0 Å². The molecule has 3 N–H and O–H groups in total. The van der Waals surface area contributed by atoms with E-state index < -0.39 is 5.60 Å². The lowest BCUT2D eigenvalue weighted by Gasteiger charge is -2.38. The van der Waals surface area contributed by atoms with E-state index in [0.717, 1.165) is 22.3 Å². The predicted molar refractivity (Wildman–Crippen MR) is 72.8 cm³/mol. The Bertz CT molecular complexity index is 578. The summed E-state index contributed by atoms with van der Waals surface area (Å²) < 4.78 is 0. The molecule has 1 saturated heterocycles. The zero-order valence-corrected chi connectivity index (χ0v) is 10.4. The van der Waals surface area contributed by atoms with Gasteiger partial charge in [0.1, 0.15) is 5.60 Å². The second-order valence-corrected chi connectivity index (χ2v) is 5.01. The summed E-state index contributed by atoms with van der Waals surface area (Å²) in [5.41, 5.74) is 2.39. The third-order valence-electron chi connectivity index (χ3n) is 3.36. The van der Waals surface area contributed by atoms with Crippen LogP contribution in [0.4, 0.5) is 5.69 Å². The lowest BCUT2D eigenvalue weighted by molar-refractivity contribution is 0.00315. The molecule has 1 fully saturated rings. The molecular formula is C14H17N3O. The third-order valence-corrected chi connectivity index (χ3v) is 3.36. The molecule has 0 spiro atoms. The minimum atomic E-state index is -0.613. The Labute approximate surface area is 106 Å². The van der Waals surface area contributed by atoms with Crippen LogP contribution in [0.25, 0.3) is 10.9 Å². The maximum atomic E-state index is 10.1. The fraction of sp³-hybridized carbons (Fsp3) is 0.357. The lowest BCUT2D eigenvalue weighted by Crippen LogP contribution is -2.63. The van der Waals surface area contributed by atoms with Crippen LogP contribution in [-0.4, -0.2) is 35.3 Å². The number of nitrogens with zero attached hydrogens (tertiary/aromatic N) is 1. The van der Waals surface area contributed by atoms with Crippen molar-refractivity contribution in [2.24, 2.45) is 0 Å². The number of aliphatic hydroxyl groups is 1. The quantitative estimate of drug-likeness (QED) is 0.760. The highest BCUT2D eigenvalue weighted by molar-refractivity contribution is 5.91. The lowest BCUT2D eigenvalue weighted by atomic mass is 9.97. The molecule has 1 aromatic carbocycles. The van der Waals surface area contributed by atoms with Gasteiger partial charge in [-0.2, -0.15) is 0 Å². The molecular weight excluding hydrogens is 226 g/mol. The summed E-state index contributed by atoms with van der Waals surface area (Å²) in [6, 6.07) is 10.1. The van der Waals surface area contributed by atoms with Gasteiger partial charge in [-0.15, -0.1) is 0 Å². The van der Waals surface area contributed by atoms with E-state index in [9.17, 15) is 5.11 Å². The smallest absolute Gasteiger partial charge is 0.107 e. The zero-order valence-electron chi connectivity index (χ0n) is 10.4. The number of hydrogen-bond donors (Lipinski definition) is 3. The Hall–Kier alpha value is -1.65. The molecule has 94 valence electrons. The van der Waals surface area contributed by atoms with Crippen LogP contribution in [0.3, 0.4) is 0 Å². The van der Waals surface area contributed by atoms with E-state index >= 15 is 0 Å². The first kappa shape index (κ1) is 11.4. The van der Waals surface area contributed by atoms with Crippen molar-refractivity contribution in [1.29, 1.82) is 0 Å². The van der Waals surface area contributed by atoms with E-state index in [4.69, 9.17) is 0 Å². The summed E-state index contributed by atoms with van der Waals surface area (Å²) in [6.07, 6.45) is 0. The first-order valence-electron chi connectivity index (χ1n) is 6.20. The van der Waals surface area contributed by atoms with Gasteiger partial charge in [-0.1, -0.05) is 18.2 Å². The highest BCUT2D eigenvalue weighted by Gasteiger charge is 2.33. The number of rotatable bonds is 3. The van der Waals surface area contributed by atoms with Crippen LogP contribution in [0.5, 0.6) is 0 Å². The summed E-state index contributed by atoms with van der Waals surface area (Å²) in [7, 11) is 0. The topological polar surface area (TPSA) is 57.2 Å². The number of aromatic nitrogens is 1. The number of benzene rings is 1. The molecule has 0 amide bonds. The minimum Gasteiger partial charge on any atom is -0.385 e. The summed E-state index contributed by atoms with van der Waals surface area (Å²) >= 11 is 0. The van der Waals surface area contributed by atoms with Gasteiger partial charge in [-0.05, 0) is 19.1 Å². The van der Waals surface area contributed by atoms with E-state index in [1.807, 2.05) is 37.3 Å². The van der Waals surface area contributed by atoms with Gasteiger partial charge >= 0.3 is 0 Å². The Morgan fingerprint density at radius 1 is 1.39 bits per heavy atom. The molecule has 4 nitrogen and oxygen atoms in total. The van der Waals surface area contributed by atoms with Crippen molar-refractivity contribution in [3.05, 3.63) is 36.0 Å². The third kappa shape index (κ3) is 2.05. The molecule has 0 atom stereocenters. The normalized spacial score (nSPS) is 17.4. The number of hydrogen-bond acceptors (Lipinski definition) is 4. The number of aryl methyl sites for hydroxylation is 1. The summed E-state index contributed by atoms with van der Waals surface area (Å²) in [6.45, 7) is 3.86. The monoisotopic (exact) mass is 243 g/mol. The molecule has 1 aliphatic heterocycles. The zero-order chi connectivity index (χ0) is 12.6. The predicted octanol–water partition coefficient (Wildman–Crippen LogP) is 1.29. The van der Waals surface area contributed by atoms with E-state index in [0.29, 0.717) is 19.6 Å². The van der Waals surface area contributed by atoms with Gasteiger partial charge in [0.25, 0.3) is 0 Å². The van der Waals surface area contributed by atoms with E-state index in [1.165, 1.54) is 0 Å². The Kier molecular flexibility index (Phi) is 2.69. The van der Waals surface area contributed by atoms with Crippen molar-refractivity contribution >= 4 is 16.6 Å². The van der Waals surface area contributed by atoms with Gasteiger partial charge in [0.05, 0.1) is 5.52 Å². The largest absolute Gasteiger partial charge is 0.385 e. The SMILES string of the molecule is Cc1cc(NCC2(O)CNC2)c2ccccc2n1. The standard InChI is InChI=1S/C14H17N3O/c1-10-6-13(16-9-14(18)7-15-8-14)11-4-2-3-5-12(11)17-10/h2-6,15,18H,7-9H2,1H3,(H,16,17). The molecule has 0 saturated carbocycles. The molecule has 18 heavy (non-hydrogen) atoms. The van der Waals surface area contributed by atoms with Crippen LogP contribution in [-0.2, 0) is 0 Å². The van der Waals surface area contributed by atoms with Crippen molar-refractivity contribution in [3.63, 3.8) is 0 Å². The number of fused-ring (bicyclic) bond motifs is 1. The van der Waals surface area contributed by atoms with Crippen molar-refractivity contribution < 1.29 is 5.11 Å². The Morgan fingerprint density at radius 2 is 2.17 bits per heavy atom. The van der Waals surface area contributed by atoms with Crippen LogP contribution in [0.1, 0.15) is 5.69 Å². The van der Waals surface area contributed by atoms with Gasteiger partial charge in [0.15, 0.2) is 0 Å². The maximum absolute atomic E-state index is 10.1. The van der Waals surface area contributed by atoms with Crippen LogP contribution in [0, 0.1) is 6.92 Å². The second-order valence-electron chi connectivity index (χ2n) is 5.01. The Balaban J connectivity index is 1.90. The molecule has 0 radical (unpaired) electrons. The van der Waals surface area contributed by atoms with Crippen LogP contribution in [0.15, 0.2) is 30.3 Å². The van der Waals surface area contributed by atoms with Gasteiger partial charge in [-0.25, -0.2) is 0 Å². The number of para-hydroxylation sites is 1. The summed E-state index contributed by atoms with van der Waals surface area (Å²) in [4.78, 5) is 4.50. The number of anilines is 1. The number of β-amino-alcohol motifs (C(OH)–C–C–N with tert-alkyl or cyclic N) is 1. The highest BCUT2D eigenvalue weighted by atomic mass is 16.3. The first-order chi connectivity index (χ1) is 8.66. The maximum Gasteiger partial charge on any atom is 0.107 e. The van der Waals surface area contributed by atoms with Crippen LogP contribution in [0.2, 0.25) is 0 Å². The summed E-state index contributed by atoms with van der Waals surface area (Å²) in [5.74, 6) is 0. The van der Waals surface area contributed by atoms with Crippen molar-refractivity contribution in [2.75, 3.05) is 25.0 Å². The van der Waals surface area contributed by atoms with Gasteiger partial charge in [0.2, 0.25) is 0 Å². The molecule has 2 aromatic rings. The molecule has 0 unspecified atom stereocenters. The van der Waals surface area contributed by atoms with Gasteiger partial charge in [-0.3, -0.25) is 4.98 Å². The van der Waals surface area contributed by atoms with Crippen LogP contribution >= 0.6 is 0 Å². The molecule has 1 aliphatic rings. The van der Waals surface area contributed by atoms with Gasteiger partial charge < -0.3 is 15.7 Å². The Morgan fingerprint density at radius 3 is 2.89 bits per heavy atom. The second kappa shape index (κ2) is 4.23. The molecule has 2 heterocycles. The van der Waals surface area contributed by atoms with E-state index in [2.05, 4.69) is 15.6 Å². The van der Waals surface area contributed by atoms with E-state index in [1.54, 1.807) is 0 Å².